The summed E-state index contributed by atoms with van der Waals surface area (Å²) in [6.07, 6.45) is 2.48. The van der Waals surface area contributed by atoms with Gasteiger partial charge < -0.3 is 4.42 Å². The number of benzene rings is 2. The second kappa shape index (κ2) is 6.49. The Morgan fingerprint density at radius 1 is 0.960 bits per heavy atom. The van der Waals surface area contributed by atoms with E-state index in [2.05, 4.69) is 48.2 Å². The van der Waals surface area contributed by atoms with E-state index in [1.165, 1.54) is 24.0 Å². The van der Waals surface area contributed by atoms with Crippen LogP contribution in [0.3, 0.4) is 0 Å². The molecule has 1 saturated carbocycles. The molecule has 4 rings (SSSR count). The Morgan fingerprint density at radius 3 is 2.40 bits per heavy atom. The standard InChI is InChI=1S/C22H23NO2/c1-15-3-6-17(7-4-15)13-23(19-8-9-19)14-18-12-22(24)25-21-11-16(2)5-10-20(18)21/h3-7,10-12,19H,8-9,13-14H2,1-2H3. The van der Waals surface area contributed by atoms with Crippen molar-refractivity contribution in [2.24, 2.45) is 0 Å². The van der Waals surface area contributed by atoms with Crippen LogP contribution >= 0.6 is 0 Å². The SMILES string of the molecule is Cc1ccc(CN(Cc2cc(=O)oc3cc(C)ccc23)C2CC2)cc1. The molecule has 1 aliphatic rings. The maximum atomic E-state index is 12.0. The Balaban J connectivity index is 1.65. The smallest absolute Gasteiger partial charge is 0.336 e. The Bertz CT molecular complexity index is 952. The van der Waals surface area contributed by atoms with Crippen molar-refractivity contribution in [2.75, 3.05) is 0 Å². The van der Waals surface area contributed by atoms with Crippen LogP contribution in [0.25, 0.3) is 11.0 Å². The third-order valence-corrected chi connectivity index (χ3v) is 4.93. The van der Waals surface area contributed by atoms with E-state index in [4.69, 9.17) is 4.42 Å². The Morgan fingerprint density at radius 2 is 1.68 bits per heavy atom. The van der Waals surface area contributed by atoms with Gasteiger partial charge in [0.25, 0.3) is 0 Å². The molecule has 1 aromatic heterocycles. The van der Waals surface area contributed by atoms with Crippen LogP contribution in [0.2, 0.25) is 0 Å². The molecule has 0 saturated heterocycles. The molecule has 0 amide bonds. The van der Waals surface area contributed by atoms with Gasteiger partial charge in [-0.3, -0.25) is 4.90 Å². The summed E-state index contributed by atoms with van der Waals surface area (Å²) in [6.45, 7) is 5.82. The van der Waals surface area contributed by atoms with E-state index in [0.29, 0.717) is 11.6 Å². The van der Waals surface area contributed by atoms with E-state index in [-0.39, 0.29) is 5.63 Å². The number of fused-ring (bicyclic) bond motifs is 1. The summed E-state index contributed by atoms with van der Waals surface area (Å²) in [5, 5.41) is 1.04. The summed E-state index contributed by atoms with van der Waals surface area (Å²) in [4.78, 5) is 14.5. The van der Waals surface area contributed by atoms with Gasteiger partial charge in [-0.05, 0) is 49.4 Å². The van der Waals surface area contributed by atoms with Crippen LogP contribution in [0.5, 0.6) is 0 Å². The highest BCUT2D eigenvalue weighted by molar-refractivity contribution is 5.80. The molecular formula is C22H23NO2. The molecule has 0 N–H and O–H groups in total. The molecular weight excluding hydrogens is 310 g/mol. The highest BCUT2D eigenvalue weighted by atomic mass is 16.4. The number of rotatable bonds is 5. The number of hydrogen-bond acceptors (Lipinski definition) is 3. The van der Waals surface area contributed by atoms with E-state index in [0.717, 1.165) is 29.6 Å². The molecule has 1 aliphatic carbocycles. The largest absolute Gasteiger partial charge is 0.423 e. The van der Waals surface area contributed by atoms with Crippen molar-refractivity contribution in [3.63, 3.8) is 0 Å². The molecule has 0 spiro atoms. The van der Waals surface area contributed by atoms with Crippen molar-refractivity contribution >= 4 is 11.0 Å². The minimum atomic E-state index is -0.265. The molecule has 128 valence electrons. The van der Waals surface area contributed by atoms with Crippen LogP contribution in [-0.2, 0) is 13.1 Å². The van der Waals surface area contributed by atoms with E-state index in [9.17, 15) is 4.79 Å². The van der Waals surface area contributed by atoms with Crippen molar-refractivity contribution < 1.29 is 4.42 Å². The first-order valence-electron chi connectivity index (χ1n) is 8.91. The maximum Gasteiger partial charge on any atom is 0.336 e. The fourth-order valence-electron chi connectivity index (χ4n) is 3.37. The minimum Gasteiger partial charge on any atom is -0.423 e. The van der Waals surface area contributed by atoms with Gasteiger partial charge in [0, 0.05) is 30.6 Å². The van der Waals surface area contributed by atoms with Crippen molar-refractivity contribution in [3.8, 4) is 0 Å². The van der Waals surface area contributed by atoms with Gasteiger partial charge in [0.05, 0.1) is 0 Å². The van der Waals surface area contributed by atoms with Crippen molar-refractivity contribution in [1.29, 1.82) is 0 Å². The first-order chi connectivity index (χ1) is 12.1. The molecule has 1 heterocycles. The van der Waals surface area contributed by atoms with Gasteiger partial charge in [0.15, 0.2) is 0 Å². The van der Waals surface area contributed by atoms with Crippen molar-refractivity contribution in [2.45, 2.75) is 45.8 Å². The van der Waals surface area contributed by atoms with Gasteiger partial charge >= 0.3 is 5.63 Å². The van der Waals surface area contributed by atoms with Crippen molar-refractivity contribution in [1.82, 2.24) is 4.90 Å². The van der Waals surface area contributed by atoms with E-state index in [1.54, 1.807) is 6.07 Å². The number of nitrogens with zero attached hydrogens (tertiary/aromatic N) is 1. The Hall–Kier alpha value is -2.39. The van der Waals surface area contributed by atoms with Gasteiger partial charge in [0.1, 0.15) is 5.58 Å². The maximum absolute atomic E-state index is 12.0. The molecule has 2 aromatic carbocycles. The summed E-state index contributed by atoms with van der Waals surface area (Å²) in [5.41, 5.74) is 5.19. The molecule has 0 atom stereocenters. The average Bonchev–Trinajstić information content (AvgIpc) is 3.40. The molecule has 0 aliphatic heterocycles. The van der Waals surface area contributed by atoms with Crippen LogP contribution in [0.1, 0.15) is 35.1 Å². The fraction of sp³-hybridized carbons (Fsp3) is 0.318. The quantitative estimate of drug-likeness (QED) is 0.641. The van der Waals surface area contributed by atoms with Crippen LogP contribution in [0, 0.1) is 13.8 Å². The molecule has 0 unspecified atom stereocenters. The first-order valence-corrected chi connectivity index (χ1v) is 8.91. The number of aryl methyl sites for hydroxylation is 2. The summed E-state index contributed by atoms with van der Waals surface area (Å²) in [6, 6.07) is 17.1. The fourth-order valence-corrected chi connectivity index (χ4v) is 3.37. The second-order valence-corrected chi connectivity index (χ2v) is 7.21. The van der Waals surface area contributed by atoms with Crippen molar-refractivity contribution in [3.05, 3.63) is 81.2 Å². The first kappa shape index (κ1) is 16.1. The van der Waals surface area contributed by atoms with Crippen LogP contribution < -0.4 is 5.63 Å². The molecule has 25 heavy (non-hydrogen) atoms. The molecule has 0 radical (unpaired) electrons. The average molecular weight is 333 g/mol. The van der Waals surface area contributed by atoms with Gasteiger partial charge in [-0.25, -0.2) is 4.79 Å². The topological polar surface area (TPSA) is 33.5 Å². The van der Waals surface area contributed by atoms with E-state index >= 15 is 0 Å². The van der Waals surface area contributed by atoms with Crippen LogP contribution in [0.15, 0.2) is 57.7 Å². The lowest BCUT2D eigenvalue weighted by molar-refractivity contribution is 0.246. The molecule has 3 aromatic rings. The zero-order chi connectivity index (χ0) is 17.4. The highest BCUT2D eigenvalue weighted by Crippen LogP contribution is 2.31. The molecule has 1 fully saturated rings. The van der Waals surface area contributed by atoms with Gasteiger partial charge in [-0.15, -0.1) is 0 Å². The van der Waals surface area contributed by atoms with Gasteiger partial charge in [-0.2, -0.15) is 0 Å². The summed E-state index contributed by atoms with van der Waals surface area (Å²) in [5.74, 6) is 0. The zero-order valence-electron chi connectivity index (χ0n) is 14.8. The normalized spacial score (nSPS) is 14.4. The zero-order valence-corrected chi connectivity index (χ0v) is 14.8. The summed E-state index contributed by atoms with van der Waals surface area (Å²) >= 11 is 0. The Kier molecular flexibility index (Phi) is 4.18. The van der Waals surface area contributed by atoms with Gasteiger partial charge in [0.2, 0.25) is 0 Å². The predicted molar refractivity (Wildman–Crippen MR) is 101 cm³/mol. The monoisotopic (exact) mass is 333 g/mol. The predicted octanol–water partition coefficient (Wildman–Crippen LogP) is 4.57. The lowest BCUT2D eigenvalue weighted by Gasteiger charge is -2.23. The van der Waals surface area contributed by atoms with Crippen LogP contribution in [-0.4, -0.2) is 10.9 Å². The third-order valence-electron chi connectivity index (χ3n) is 4.93. The third kappa shape index (κ3) is 3.67. The minimum absolute atomic E-state index is 0.265. The van der Waals surface area contributed by atoms with E-state index < -0.39 is 0 Å². The lowest BCUT2D eigenvalue weighted by Crippen LogP contribution is -2.25. The summed E-state index contributed by atoms with van der Waals surface area (Å²) in [7, 11) is 0. The lowest BCUT2D eigenvalue weighted by atomic mass is 10.1. The Labute approximate surface area is 147 Å². The second-order valence-electron chi connectivity index (χ2n) is 7.21. The molecule has 3 heteroatoms. The molecule has 3 nitrogen and oxygen atoms in total. The van der Waals surface area contributed by atoms with Crippen LogP contribution in [0.4, 0.5) is 0 Å². The summed E-state index contributed by atoms with van der Waals surface area (Å²) < 4.78 is 5.40. The number of hydrogen-bond donors (Lipinski definition) is 0. The highest BCUT2D eigenvalue weighted by Gasteiger charge is 2.29. The van der Waals surface area contributed by atoms with E-state index in [1.807, 2.05) is 13.0 Å². The molecule has 0 bridgehead atoms. The van der Waals surface area contributed by atoms with Gasteiger partial charge in [-0.1, -0.05) is 42.0 Å².